The third kappa shape index (κ3) is 3.19. The van der Waals surface area contributed by atoms with Crippen LogP contribution < -0.4 is 15.2 Å². The van der Waals surface area contributed by atoms with Crippen LogP contribution in [0.2, 0.25) is 5.02 Å². The highest BCUT2D eigenvalue weighted by atomic mass is 35.5. The number of nitrogens with one attached hydrogen (secondary N) is 1. The van der Waals surface area contributed by atoms with Gasteiger partial charge in [-0.15, -0.1) is 0 Å². The van der Waals surface area contributed by atoms with Crippen molar-refractivity contribution in [2.75, 3.05) is 7.11 Å². The van der Waals surface area contributed by atoms with Gasteiger partial charge in [-0.25, -0.2) is 4.98 Å². The van der Waals surface area contributed by atoms with Crippen LogP contribution in [0.4, 0.5) is 0 Å². The van der Waals surface area contributed by atoms with E-state index in [2.05, 4.69) is 4.98 Å². The molecule has 20 heavy (non-hydrogen) atoms. The number of amidine groups is 1. The van der Waals surface area contributed by atoms with Crippen LogP contribution in [0, 0.1) is 5.41 Å². The molecule has 0 bridgehead atoms. The summed E-state index contributed by atoms with van der Waals surface area (Å²) in [5.41, 5.74) is 6.72. The largest absolute Gasteiger partial charge is 0.489 e. The summed E-state index contributed by atoms with van der Waals surface area (Å²) in [6.45, 7) is 0.312. The Bertz CT molecular complexity index is 632. The number of benzene rings is 1. The van der Waals surface area contributed by atoms with Gasteiger partial charge in [0.05, 0.1) is 17.7 Å². The van der Waals surface area contributed by atoms with E-state index < -0.39 is 0 Å². The lowest BCUT2D eigenvalue weighted by atomic mass is 10.2. The van der Waals surface area contributed by atoms with E-state index in [1.807, 2.05) is 12.1 Å². The normalized spacial score (nSPS) is 10.1. The van der Waals surface area contributed by atoms with Crippen molar-refractivity contribution in [3.05, 3.63) is 52.7 Å². The second-order valence-electron chi connectivity index (χ2n) is 4.02. The highest BCUT2D eigenvalue weighted by molar-refractivity contribution is 6.34. The summed E-state index contributed by atoms with van der Waals surface area (Å²) >= 11 is 6.03. The molecular weight excluding hydrogens is 278 g/mol. The van der Waals surface area contributed by atoms with Crippen molar-refractivity contribution in [2.24, 2.45) is 5.73 Å². The molecule has 0 saturated carbocycles. The highest BCUT2D eigenvalue weighted by Gasteiger charge is 2.07. The number of methoxy groups -OCH3 is 1. The van der Waals surface area contributed by atoms with Gasteiger partial charge < -0.3 is 15.2 Å². The summed E-state index contributed by atoms with van der Waals surface area (Å²) in [4.78, 5) is 4.09. The summed E-state index contributed by atoms with van der Waals surface area (Å²) in [6.07, 6.45) is 1.65. The van der Waals surface area contributed by atoms with E-state index in [1.54, 1.807) is 31.5 Å². The molecule has 3 N–H and O–H groups in total. The van der Waals surface area contributed by atoms with E-state index in [-0.39, 0.29) is 5.84 Å². The number of hydrogen-bond acceptors (Lipinski definition) is 4. The maximum atomic E-state index is 7.36. The highest BCUT2D eigenvalue weighted by Crippen LogP contribution is 2.24. The average Bonchev–Trinajstić information content (AvgIpc) is 2.45. The minimum absolute atomic E-state index is 0.0736. The van der Waals surface area contributed by atoms with Crippen LogP contribution in [0.5, 0.6) is 11.6 Å². The van der Waals surface area contributed by atoms with Gasteiger partial charge >= 0.3 is 0 Å². The molecule has 0 aliphatic rings. The fourth-order valence-corrected chi connectivity index (χ4v) is 1.96. The number of nitrogen functional groups attached to an aromatic ring is 1. The third-order valence-electron chi connectivity index (χ3n) is 2.67. The first-order valence-electron chi connectivity index (χ1n) is 5.86. The van der Waals surface area contributed by atoms with Gasteiger partial charge in [0.15, 0.2) is 0 Å². The minimum Gasteiger partial charge on any atom is -0.489 e. The smallest absolute Gasteiger partial charge is 0.219 e. The summed E-state index contributed by atoms with van der Waals surface area (Å²) in [7, 11) is 1.56. The molecule has 0 unspecified atom stereocenters. The lowest BCUT2D eigenvalue weighted by Gasteiger charge is -2.10. The first kappa shape index (κ1) is 14.1. The Kier molecular flexibility index (Phi) is 4.42. The first-order chi connectivity index (χ1) is 9.61. The van der Waals surface area contributed by atoms with E-state index in [0.29, 0.717) is 28.8 Å². The van der Waals surface area contributed by atoms with Crippen LogP contribution in [0.3, 0.4) is 0 Å². The Labute approximate surface area is 121 Å². The lowest BCUT2D eigenvalue weighted by molar-refractivity contribution is 0.294. The molecule has 0 atom stereocenters. The average molecular weight is 292 g/mol. The molecule has 0 aliphatic carbocycles. The second kappa shape index (κ2) is 6.25. The number of halogens is 1. The van der Waals surface area contributed by atoms with Crippen LogP contribution in [0.15, 0.2) is 36.5 Å². The molecule has 0 fully saturated rings. The standard InChI is InChI=1S/C14H14ClN3O2/c1-19-14-9(3-2-6-18-14)8-20-10-4-5-11(13(16)17)12(15)7-10/h2-7H,8H2,1H3,(H3,16,17). The van der Waals surface area contributed by atoms with E-state index in [4.69, 9.17) is 32.2 Å². The number of nitrogens with zero attached hydrogens (tertiary/aromatic N) is 1. The predicted octanol–water partition coefficient (Wildman–Crippen LogP) is 2.61. The van der Waals surface area contributed by atoms with Gasteiger partial charge in [-0.2, -0.15) is 0 Å². The van der Waals surface area contributed by atoms with Gasteiger partial charge in [-0.1, -0.05) is 11.6 Å². The monoisotopic (exact) mass is 291 g/mol. The van der Waals surface area contributed by atoms with E-state index in [0.717, 1.165) is 5.56 Å². The SMILES string of the molecule is COc1ncccc1COc1ccc(C(=N)N)c(Cl)c1. The molecule has 2 aromatic rings. The molecule has 104 valence electrons. The number of rotatable bonds is 5. The van der Waals surface area contributed by atoms with Gasteiger partial charge in [0.25, 0.3) is 0 Å². The second-order valence-corrected chi connectivity index (χ2v) is 4.42. The molecule has 0 amide bonds. The Morgan fingerprint density at radius 1 is 1.40 bits per heavy atom. The van der Waals surface area contributed by atoms with Crippen molar-refractivity contribution in [1.82, 2.24) is 4.98 Å². The summed E-state index contributed by atoms with van der Waals surface area (Å²) in [5.74, 6) is 1.04. The number of pyridine rings is 1. The maximum absolute atomic E-state index is 7.36. The molecule has 1 aromatic heterocycles. The van der Waals surface area contributed by atoms with Crippen molar-refractivity contribution in [1.29, 1.82) is 5.41 Å². The Morgan fingerprint density at radius 3 is 2.85 bits per heavy atom. The van der Waals surface area contributed by atoms with Gasteiger partial charge in [-0.05, 0) is 30.3 Å². The molecule has 0 saturated heterocycles. The van der Waals surface area contributed by atoms with Crippen molar-refractivity contribution in [2.45, 2.75) is 6.61 Å². The van der Waals surface area contributed by atoms with Gasteiger partial charge in [0, 0.05) is 11.8 Å². The number of nitrogens with two attached hydrogens (primary N) is 1. The maximum Gasteiger partial charge on any atom is 0.219 e. The lowest BCUT2D eigenvalue weighted by Crippen LogP contribution is -2.11. The number of aromatic nitrogens is 1. The molecule has 6 heteroatoms. The zero-order valence-electron chi connectivity index (χ0n) is 10.9. The van der Waals surface area contributed by atoms with Crippen molar-refractivity contribution < 1.29 is 9.47 Å². The molecular formula is C14H14ClN3O2. The summed E-state index contributed by atoms with van der Waals surface area (Å²) < 4.78 is 10.8. The third-order valence-corrected chi connectivity index (χ3v) is 2.98. The molecule has 0 aliphatic heterocycles. The Hall–Kier alpha value is -2.27. The first-order valence-corrected chi connectivity index (χ1v) is 6.24. The molecule has 2 rings (SSSR count). The topological polar surface area (TPSA) is 81.2 Å². The number of hydrogen-bond donors (Lipinski definition) is 2. The van der Waals surface area contributed by atoms with E-state index in [9.17, 15) is 0 Å². The van der Waals surface area contributed by atoms with Crippen LogP contribution in [-0.4, -0.2) is 17.9 Å². The zero-order chi connectivity index (χ0) is 14.5. The quantitative estimate of drug-likeness (QED) is 0.655. The van der Waals surface area contributed by atoms with Gasteiger partial charge in [-0.3, -0.25) is 5.41 Å². The van der Waals surface area contributed by atoms with Crippen molar-refractivity contribution >= 4 is 17.4 Å². The molecule has 0 radical (unpaired) electrons. The molecule has 0 spiro atoms. The Balaban J connectivity index is 2.11. The minimum atomic E-state index is -0.0736. The predicted molar refractivity (Wildman–Crippen MR) is 77.6 cm³/mol. The zero-order valence-corrected chi connectivity index (χ0v) is 11.6. The van der Waals surface area contributed by atoms with Crippen LogP contribution in [0.1, 0.15) is 11.1 Å². The van der Waals surface area contributed by atoms with Crippen molar-refractivity contribution in [3.63, 3.8) is 0 Å². The molecule has 1 heterocycles. The van der Waals surface area contributed by atoms with E-state index >= 15 is 0 Å². The van der Waals surface area contributed by atoms with Crippen LogP contribution >= 0.6 is 11.6 Å². The fraction of sp³-hybridized carbons (Fsp3) is 0.143. The van der Waals surface area contributed by atoms with Gasteiger partial charge in [0.1, 0.15) is 18.2 Å². The Morgan fingerprint density at radius 2 is 2.20 bits per heavy atom. The van der Waals surface area contributed by atoms with E-state index in [1.165, 1.54) is 0 Å². The summed E-state index contributed by atoms with van der Waals surface area (Å²) in [6, 6.07) is 8.68. The van der Waals surface area contributed by atoms with Crippen LogP contribution in [-0.2, 0) is 6.61 Å². The van der Waals surface area contributed by atoms with Gasteiger partial charge in [0.2, 0.25) is 5.88 Å². The summed E-state index contributed by atoms with van der Waals surface area (Å²) in [5, 5.41) is 7.75. The molecule has 1 aromatic carbocycles. The fourth-order valence-electron chi connectivity index (χ4n) is 1.68. The van der Waals surface area contributed by atoms with Crippen LogP contribution in [0.25, 0.3) is 0 Å². The molecule has 5 nitrogen and oxygen atoms in total. The van der Waals surface area contributed by atoms with Crippen molar-refractivity contribution in [3.8, 4) is 11.6 Å². The number of ether oxygens (including phenoxy) is 2.